The summed E-state index contributed by atoms with van der Waals surface area (Å²) in [5, 5.41) is 0. The Hall–Kier alpha value is -2.25. The molecule has 6 nitrogen and oxygen atoms in total. The highest BCUT2D eigenvalue weighted by Crippen LogP contribution is 2.54. The fraction of sp³-hybridized carbons (Fsp3) is 0.606. The highest BCUT2D eigenvalue weighted by Gasteiger charge is 2.55. The van der Waals surface area contributed by atoms with Crippen molar-refractivity contribution in [1.29, 1.82) is 0 Å². The average molecular weight is 530 g/mol. The normalized spacial score (nSPS) is 31.3. The van der Waals surface area contributed by atoms with Crippen LogP contribution in [0.4, 0.5) is 0 Å². The molecule has 1 saturated carbocycles. The third-order valence-corrected chi connectivity index (χ3v) is 10.4. The van der Waals surface area contributed by atoms with Gasteiger partial charge in [0, 0.05) is 95.3 Å². The number of nitrogens with zero attached hydrogens (tertiary/aromatic N) is 5. The van der Waals surface area contributed by atoms with Crippen molar-refractivity contribution < 1.29 is 4.79 Å². The van der Waals surface area contributed by atoms with Crippen LogP contribution in [0.25, 0.3) is 0 Å². The van der Waals surface area contributed by atoms with Gasteiger partial charge in [-0.1, -0.05) is 60.7 Å². The molecule has 5 aliphatic rings. The molecule has 5 fully saturated rings. The van der Waals surface area contributed by atoms with Gasteiger partial charge in [0.15, 0.2) is 0 Å². The van der Waals surface area contributed by atoms with Crippen LogP contribution in [0.15, 0.2) is 60.7 Å². The number of amides is 1. The Kier molecular flexibility index (Phi) is 8.08. The SMILES string of the molecule is CN1CCN(CCC(=O)N2CCC3(N4CCN(C)CC4)C[C@@H](c4ccccc4)C2[C@H](c2ccccc2)C3)CC1. The van der Waals surface area contributed by atoms with Crippen LogP contribution in [0.3, 0.4) is 0 Å². The molecular weight excluding hydrogens is 482 g/mol. The van der Waals surface area contributed by atoms with Crippen LogP contribution in [0.1, 0.15) is 48.6 Å². The van der Waals surface area contributed by atoms with Crippen molar-refractivity contribution in [3.63, 3.8) is 0 Å². The van der Waals surface area contributed by atoms with Crippen LogP contribution in [0.5, 0.6) is 0 Å². The second-order valence-corrected chi connectivity index (χ2v) is 12.7. The van der Waals surface area contributed by atoms with E-state index in [1.165, 1.54) is 11.1 Å². The zero-order valence-electron chi connectivity index (χ0n) is 24.0. The fourth-order valence-corrected chi connectivity index (χ4v) is 8.03. The van der Waals surface area contributed by atoms with E-state index in [0.29, 0.717) is 24.2 Å². The largest absolute Gasteiger partial charge is 0.338 e. The van der Waals surface area contributed by atoms with E-state index in [1.54, 1.807) is 0 Å². The van der Waals surface area contributed by atoms with Crippen molar-refractivity contribution in [2.45, 2.75) is 49.1 Å². The van der Waals surface area contributed by atoms with Gasteiger partial charge in [-0.15, -0.1) is 0 Å². The molecule has 7 rings (SSSR count). The summed E-state index contributed by atoms with van der Waals surface area (Å²) in [4.78, 5) is 26.7. The van der Waals surface area contributed by atoms with E-state index in [-0.39, 0.29) is 11.6 Å². The Morgan fingerprint density at radius 1 is 0.718 bits per heavy atom. The molecule has 2 bridgehead atoms. The lowest BCUT2D eigenvalue weighted by molar-refractivity contribution is -0.134. The molecule has 4 aliphatic heterocycles. The molecule has 1 aliphatic carbocycles. The lowest BCUT2D eigenvalue weighted by Gasteiger charge is -2.54. The Bertz CT molecular complexity index is 1030. The Morgan fingerprint density at radius 2 is 1.23 bits per heavy atom. The first-order chi connectivity index (χ1) is 19.0. The van der Waals surface area contributed by atoms with Gasteiger partial charge in [-0.2, -0.15) is 0 Å². The summed E-state index contributed by atoms with van der Waals surface area (Å²) in [7, 11) is 4.44. The number of benzene rings is 2. The van der Waals surface area contributed by atoms with Crippen LogP contribution in [-0.2, 0) is 4.79 Å². The minimum atomic E-state index is 0.130. The van der Waals surface area contributed by atoms with Gasteiger partial charge in [0.2, 0.25) is 5.91 Å². The summed E-state index contributed by atoms with van der Waals surface area (Å²) in [6, 6.07) is 22.5. The summed E-state index contributed by atoms with van der Waals surface area (Å²) in [5.41, 5.74) is 2.94. The van der Waals surface area contributed by atoms with Crippen LogP contribution in [0, 0.1) is 0 Å². The van der Waals surface area contributed by atoms with Gasteiger partial charge in [0.1, 0.15) is 0 Å². The van der Waals surface area contributed by atoms with Crippen LogP contribution in [-0.4, -0.2) is 122 Å². The van der Waals surface area contributed by atoms with Crippen molar-refractivity contribution in [2.75, 3.05) is 79.5 Å². The molecule has 2 atom stereocenters. The van der Waals surface area contributed by atoms with Crippen LogP contribution < -0.4 is 0 Å². The van der Waals surface area contributed by atoms with E-state index in [4.69, 9.17) is 0 Å². The molecule has 0 aromatic heterocycles. The smallest absolute Gasteiger partial charge is 0.224 e. The van der Waals surface area contributed by atoms with Gasteiger partial charge in [0.05, 0.1) is 0 Å². The zero-order chi connectivity index (χ0) is 26.8. The van der Waals surface area contributed by atoms with Crippen molar-refractivity contribution >= 4 is 5.91 Å². The number of rotatable bonds is 6. The number of carbonyl (C=O) groups excluding carboxylic acids is 1. The molecule has 4 saturated heterocycles. The molecule has 4 heterocycles. The predicted octanol–water partition coefficient (Wildman–Crippen LogP) is 3.57. The Labute approximate surface area is 235 Å². The van der Waals surface area contributed by atoms with Gasteiger partial charge in [0.25, 0.3) is 0 Å². The molecule has 0 spiro atoms. The number of hydrogen-bond acceptors (Lipinski definition) is 5. The van der Waals surface area contributed by atoms with E-state index < -0.39 is 0 Å². The van der Waals surface area contributed by atoms with Crippen molar-refractivity contribution in [1.82, 2.24) is 24.5 Å². The second-order valence-electron chi connectivity index (χ2n) is 12.7. The summed E-state index contributed by atoms with van der Waals surface area (Å²) in [6.07, 6.45) is 4.01. The topological polar surface area (TPSA) is 33.3 Å². The minimum Gasteiger partial charge on any atom is -0.338 e. The monoisotopic (exact) mass is 529 g/mol. The first-order valence-corrected chi connectivity index (χ1v) is 15.3. The highest BCUT2D eigenvalue weighted by molar-refractivity contribution is 5.77. The molecule has 0 N–H and O–H groups in total. The van der Waals surface area contributed by atoms with Crippen molar-refractivity contribution in [3.05, 3.63) is 71.8 Å². The third-order valence-electron chi connectivity index (χ3n) is 10.4. The molecule has 2 aromatic carbocycles. The molecule has 2 aromatic rings. The predicted molar refractivity (Wildman–Crippen MR) is 158 cm³/mol. The number of fused-ring (bicyclic) bond motifs is 4. The van der Waals surface area contributed by atoms with Gasteiger partial charge in [-0.25, -0.2) is 0 Å². The summed E-state index contributed by atoms with van der Waals surface area (Å²) in [6.45, 7) is 10.6. The lowest BCUT2D eigenvalue weighted by Crippen LogP contribution is -2.59. The average Bonchev–Trinajstić information content (AvgIpc) is 3.26. The lowest BCUT2D eigenvalue weighted by atomic mass is 9.63. The van der Waals surface area contributed by atoms with Crippen molar-refractivity contribution in [3.8, 4) is 0 Å². The van der Waals surface area contributed by atoms with E-state index in [2.05, 4.69) is 99.3 Å². The minimum absolute atomic E-state index is 0.130. The van der Waals surface area contributed by atoms with E-state index in [0.717, 1.165) is 84.7 Å². The standard InChI is InChI=1S/C33H47N5O/c1-34-17-21-36(22-18-34)15-13-31(39)38-16-14-33(37-23-19-35(2)20-24-37)25-29(27-9-5-3-6-10-27)32(38)30(26-33)28-11-7-4-8-12-28/h3-12,29-30,32H,13-26H2,1-2H3/t29-,30-,32?,33?/m0/s1. The highest BCUT2D eigenvalue weighted by atomic mass is 16.2. The Morgan fingerprint density at radius 3 is 1.77 bits per heavy atom. The van der Waals surface area contributed by atoms with Crippen LogP contribution >= 0.6 is 0 Å². The molecule has 39 heavy (non-hydrogen) atoms. The zero-order valence-corrected chi connectivity index (χ0v) is 24.0. The first kappa shape index (κ1) is 26.9. The maximum Gasteiger partial charge on any atom is 0.224 e. The Balaban J connectivity index is 1.34. The van der Waals surface area contributed by atoms with Gasteiger partial charge < -0.3 is 19.6 Å². The maximum atomic E-state index is 14.2. The quantitative estimate of drug-likeness (QED) is 0.572. The fourth-order valence-electron chi connectivity index (χ4n) is 8.03. The molecule has 6 heteroatoms. The molecule has 0 radical (unpaired) electrons. The van der Waals surface area contributed by atoms with Crippen molar-refractivity contribution in [2.24, 2.45) is 0 Å². The van der Waals surface area contributed by atoms with Gasteiger partial charge in [-0.3, -0.25) is 9.69 Å². The molecule has 0 unspecified atom stereocenters. The first-order valence-electron chi connectivity index (χ1n) is 15.3. The van der Waals surface area contributed by atoms with Gasteiger partial charge >= 0.3 is 0 Å². The number of carbonyl (C=O) groups is 1. The molecule has 1 amide bonds. The maximum absolute atomic E-state index is 14.2. The number of likely N-dealkylation sites (N-methyl/N-ethyl adjacent to an activating group) is 2. The van der Waals surface area contributed by atoms with E-state index >= 15 is 0 Å². The number of hydrogen-bond donors (Lipinski definition) is 0. The van der Waals surface area contributed by atoms with E-state index in [1.807, 2.05) is 0 Å². The van der Waals surface area contributed by atoms with E-state index in [9.17, 15) is 4.79 Å². The summed E-state index contributed by atoms with van der Waals surface area (Å²) < 4.78 is 0. The second kappa shape index (κ2) is 11.7. The summed E-state index contributed by atoms with van der Waals surface area (Å²) in [5.74, 6) is 1.05. The summed E-state index contributed by atoms with van der Waals surface area (Å²) >= 11 is 0. The van der Waals surface area contributed by atoms with Crippen LogP contribution in [0.2, 0.25) is 0 Å². The molecule has 210 valence electrons. The third kappa shape index (κ3) is 5.67. The molecular formula is C33H47N5O. The van der Waals surface area contributed by atoms with Gasteiger partial charge in [-0.05, 0) is 44.5 Å². The number of piperazine rings is 2.